The van der Waals surface area contributed by atoms with E-state index < -0.39 is 6.04 Å². The maximum absolute atomic E-state index is 13.2. The quantitative estimate of drug-likeness (QED) is 0.664. The minimum Gasteiger partial charge on any atom is -0.367 e. The van der Waals surface area contributed by atoms with Gasteiger partial charge in [0.15, 0.2) is 0 Å². The Labute approximate surface area is 191 Å². The summed E-state index contributed by atoms with van der Waals surface area (Å²) in [5.74, 6) is -0.197. The van der Waals surface area contributed by atoms with Crippen LogP contribution in [0.4, 0.5) is 5.69 Å². The molecule has 2 amide bonds. The molecule has 158 valence electrons. The summed E-state index contributed by atoms with van der Waals surface area (Å²) in [6, 6.07) is 12.1. The van der Waals surface area contributed by atoms with E-state index in [2.05, 4.69) is 4.90 Å². The molecule has 0 bridgehead atoms. The van der Waals surface area contributed by atoms with E-state index in [1.54, 1.807) is 23.1 Å². The number of nitrogens with zero attached hydrogens (tertiary/aromatic N) is 3. The lowest BCUT2D eigenvalue weighted by molar-refractivity contribution is -0.135. The van der Waals surface area contributed by atoms with Gasteiger partial charge in [0.05, 0.1) is 10.7 Å². The van der Waals surface area contributed by atoms with E-state index in [1.165, 1.54) is 0 Å². The Morgan fingerprint density at radius 3 is 2.20 bits per heavy atom. The average Bonchev–Trinajstić information content (AvgIpc) is 3.22. The fourth-order valence-corrected chi connectivity index (χ4v) is 4.98. The van der Waals surface area contributed by atoms with E-state index in [0.29, 0.717) is 59.8 Å². The molecular weight excluding hydrogens is 445 g/mol. The van der Waals surface area contributed by atoms with Crippen molar-refractivity contribution in [2.45, 2.75) is 18.9 Å². The summed E-state index contributed by atoms with van der Waals surface area (Å²) in [5.41, 5.74) is 1.40. The third-order valence-electron chi connectivity index (χ3n) is 5.69. The Morgan fingerprint density at radius 1 is 0.867 bits per heavy atom. The van der Waals surface area contributed by atoms with Crippen LogP contribution in [-0.2, 0) is 4.79 Å². The van der Waals surface area contributed by atoms with Crippen molar-refractivity contribution in [1.82, 2.24) is 9.80 Å². The first-order valence-electron chi connectivity index (χ1n) is 9.99. The first-order valence-corrected chi connectivity index (χ1v) is 11.1. The topological polar surface area (TPSA) is 43.9 Å². The predicted octanol–water partition coefficient (Wildman–Crippen LogP) is 4.60. The van der Waals surface area contributed by atoms with Gasteiger partial charge in [0.1, 0.15) is 6.04 Å². The maximum Gasteiger partial charge on any atom is 0.254 e. The molecule has 2 fully saturated rings. The summed E-state index contributed by atoms with van der Waals surface area (Å²) in [5, 5.41) is 1.53. The molecule has 0 aliphatic carbocycles. The van der Waals surface area contributed by atoms with Gasteiger partial charge < -0.3 is 14.7 Å². The normalized spacial score (nSPS) is 19.3. The van der Waals surface area contributed by atoms with Gasteiger partial charge in [-0.15, -0.1) is 0 Å². The number of carbonyl (C=O) groups excluding carboxylic acids is 2. The number of amides is 2. The first-order chi connectivity index (χ1) is 14.4. The second-order valence-corrected chi connectivity index (χ2v) is 8.86. The van der Waals surface area contributed by atoms with Crippen LogP contribution in [0.5, 0.6) is 0 Å². The van der Waals surface area contributed by atoms with Crippen molar-refractivity contribution in [2.24, 2.45) is 0 Å². The van der Waals surface area contributed by atoms with Crippen LogP contribution in [0.3, 0.4) is 0 Å². The van der Waals surface area contributed by atoms with Gasteiger partial charge in [-0.2, -0.15) is 0 Å². The predicted molar refractivity (Wildman–Crippen MR) is 121 cm³/mol. The lowest BCUT2D eigenvalue weighted by atomic mass is 10.1. The van der Waals surface area contributed by atoms with E-state index in [0.717, 1.165) is 12.1 Å². The van der Waals surface area contributed by atoms with Crippen LogP contribution in [0.1, 0.15) is 23.2 Å². The second kappa shape index (κ2) is 9.04. The zero-order valence-electron chi connectivity index (χ0n) is 16.4. The number of anilines is 1. The van der Waals surface area contributed by atoms with E-state index >= 15 is 0 Å². The minimum atomic E-state index is -0.442. The molecule has 2 saturated heterocycles. The summed E-state index contributed by atoms with van der Waals surface area (Å²) >= 11 is 18.4. The zero-order valence-corrected chi connectivity index (χ0v) is 18.6. The standard InChI is InChI=1S/C22H22Cl3N3O2/c23-16-12-15(13-17(24)14-16)21(29)28-7-3-6-20(28)22(30)27-10-8-26(9-11-27)19-5-2-1-4-18(19)25/h1-2,4-5,12-14,20H,3,6-11H2. The van der Waals surface area contributed by atoms with Crippen molar-refractivity contribution in [3.63, 3.8) is 0 Å². The van der Waals surface area contributed by atoms with Crippen LogP contribution in [0.2, 0.25) is 15.1 Å². The molecule has 8 heteroatoms. The molecule has 5 nitrogen and oxygen atoms in total. The number of likely N-dealkylation sites (tertiary alicyclic amines) is 1. The summed E-state index contributed by atoms with van der Waals surface area (Å²) in [6.45, 7) is 3.18. The largest absolute Gasteiger partial charge is 0.367 e. The molecule has 0 N–H and O–H groups in total. The molecule has 1 atom stereocenters. The summed E-state index contributed by atoms with van der Waals surface area (Å²) in [4.78, 5) is 32.0. The van der Waals surface area contributed by atoms with Crippen molar-refractivity contribution in [3.05, 3.63) is 63.1 Å². The van der Waals surface area contributed by atoms with Gasteiger partial charge in [-0.05, 0) is 43.2 Å². The summed E-state index contributed by atoms with van der Waals surface area (Å²) < 4.78 is 0. The lowest BCUT2D eigenvalue weighted by Crippen LogP contribution is -2.54. The summed E-state index contributed by atoms with van der Waals surface area (Å²) in [7, 11) is 0. The molecule has 4 rings (SSSR count). The number of carbonyl (C=O) groups is 2. The van der Waals surface area contributed by atoms with E-state index in [4.69, 9.17) is 34.8 Å². The smallest absolute Gasteiger partial charge is 0.254 e. The van der Waals surface area contributed by atoms with Crippen molar-refractivity contribution in [1.29, 1.82) is 0 Å². The van der Waals surface area contributed by atoms with Gasteiger partial charge in [0, 0.05) is 48.3 Å². The van der Waals surface area contributed by atoms with Crippen LogP contribution in [0.25, 0.3) is 0 Å². The highest BCUT2D eigenvalue weighted by atomic mass is 35.5. The van der Waals surface area contributed by atoms with Gasteiger partial charge in [-0.3, -0.25) is 9.59 Å². The van der Waals surface area contributed by atoms with Crippen molar-refractivity contribution < 1.29 is 9.59 Å². The third-order valence-corrected chi connectivity index (χ3v) is 6.45. The molecule has 0 saturated carbocycles. The molecule has 2 aliphatic rings. The van der Waals surface area contributed by atoms with Gasteiger partial charge >= 0.3 is 0 Å². The number of para-hydroxylation sites is 1. The van der Waals surface area contributed by atoms with Crippen molar-refractivity contribution in [3.8, 4) is 0 Å². The van der Waals surface area contributed by atoms with E-state index in [-0.39, 0.29) is 11.8 Å². The Bertz CT molecular complexity index is 940. The SMILES string of the molecule is O=C(C1CCCN1C(=O)c1cc(Cl)cc(Cl)c1)N1CCN(c2ccccc2Cl)CC1. The highest BCUT2D eigenvalue weighted by Crippen LogP contribution is 2.28. The number of rotatable bonds is 3. The van der Waals surface area contributed by atoms with Gasteiger partial charge in [0.2, 0.25) is 5.91 Å². The van der Waals surface area contributed by atoms with Crippen LogP contribution in [0, 0.1) is 0 Å². The number of piperazine rings is 1. The lowest BCUT2D eigenvalue weighted by Gasteiger charge is -2.38. The number of halogens is 3. The number of hydrogen-bond donors (Lipinski definition) is 0. The minimum absolute atomic E-state index is 0.00721. The van der Waals surface area contributed by atoms with Gasteiger partial charge in [-0.25, -0.2) is 0 Å². The molecular formula is C22H22Cl3N3O2. The van der Waals surface area contributed by atoms with Gasteiger partial charge in [0.25, 0.3) is 5.91 Å². The molecule has 2 aromatic rings. The van der Waals surface area contributed by atoms with E-state index in [9.17, 15) is 9.59 Å². The molecule has 0 aromatic heterocycles. The molecule has 0 radical (unpaired) electrons. The Hall–Kier alpha value is -1.95. The Balaban J connectivity index is 1.43. The maximum atomic E-state index is 13.2. The molecule has 1 unspecified atom stereocenters. The molecule has 2 aliphatic heterocycles. The second-order valence-electron chi connectivity index (χ2n) is 7.58. The Morgan fingerprint density at radius 2 is 1.53 bits per heavy atom. The number of benzene rings is 2. The Kier molecular flexibility index (Phi) is 6.42. The van der Waals surface area contributed by atoms with Crippen LogP contribution < -0.4 is 4.90 Å². The third kappa shape index (κ3) is 4.39. The number of hydrogen-bond acceptors (Lipinski definition) is 3. The summed E-state index contributed by atoms with van der Waals surface area (Å²) in [6.07, 6.45) is 1.47. The van der Waals surface area contributed by atoms with Crippen molar-refractivity contribution in [2.75, 3.05) is 37.6 Å². The molecule has 2 aromatic carbocycles. The highest BCUT2D eigenvalue weighted by Gasteiger charge is 2.38. The van der Waals surface area contributed by atoms with Crippen LogP contribution in [-0.4, -0.2) is 60.4 Å². The van der Waals surface area contributed by atoms with Crippen LogP contribution in [0.15, 0.2) is 42.5 Å². The monoisotopic (exact) mass is 465 g/mol. The van der Waals surface area contributed by atoms with Crippen molar-refractivity contribution >= 4 is 52.3 Å². The molecule has 0 spiro atoms. The highest BCUT2D eigenvalue weighted by molar-refractivity contribution is 6.35. The fourth-order valence-electron chi connectivity index (χ4n) is 4.20. The molecule has 2 heterocycles. The zero-order chi connectivity index (χ0) is 21.3. The average molecular weight is 467 g/mol. The van der Waals surface area contributed by atoms with Gasteiger partial charge in [-0.1, -0.05) is 46.9 Å². The van der Waals surface area contributed by atoms with Crippen LogP contribution >= 0.6 is 34.8 Å². The fraction of sp³-hybridized carbons (Fsp3) is 0.364. The van der Waals surface area contributed by atoms with E-state index in [1.807, 2.05) is 29.2 Å². The first kappa shape index (κ1) is 21.3. The molecule has 30 heavy (non-hydrogen) atoms.